The Bertz CT molecular complexity index is 144. The quantitative estimate of drug-likeness (QED) is 0.613. The number of nitrogens with zero attached hydrogens (tertiary/aromatic N) is 1. The maximum Gasteiger partial charge on any atom is 0.0789 e. The van der Waals surface area contributed by atoms with E-state index in [-0.39, 0.29) is 0 Å². The van der Waals surface area contributed by atoms with E-state index in [0.717, 1.165) is 26.3 Å². The van der Waals surface area contributed by atoms with Gasteiger partial charge in [-0.05, 0) is 5.92 Å². The molecule has 0 bridgehead atoms. The van der Waals surface area contributed by atoms with E-state index in [2.05, 4.69) is 11.8 Å². The van der Waals surface area contributed by atoms with E-state index < -0.39 is 6.10 Å². The summed E-state index contributed by atoms with van der Waals surface area (Å²) in [5.74, 6) is 0.549. The molecule has 0 spiro atoms. The van der Waals surface area contributed by atoms with Crippen molar-refractivity contribution in [1.82, 2.24) is 4.90 Å². The molecule has 1 heterocycles. The van der Waals surface area contributed by atoms with Crippen LogP contribution in [0.5, 0.6) is 0 Å². The predicted octanol–water partition coefficient (Wildman–Crippen LogP) is -0.726. The summed E-state index contributed by atoms with van der Waals surface area (Å²) in [6.45, 7) is 6.67. The van der Waals surface area contributed by atoms with Crippen molar-refractivity contribution in [2.75, 3.05) is 39.4 Å². The van der Waals surface area contributed by atoms with Crippen molar-refractivity contribution in [2.45, 2.75) is 13.0 Å². The average molecular weight is 188 g/mol. The SMILES string of the molecule is CC1COCCN(C[C@H](O)CN)C1. The van der Waals surface area contributed by atoms with Crippen LogP contribution in [0.15, 0.2) is 0 Å². The molecular weight excluding hydrogens is 168 g/mol. The molecule has 0 saturated carbocycles. The van der Waals surface area contributed by atoms with Gasteiger partial charge in [-0.2, -0.15) is 0 Å². The van der Waals surface area contributed by atoms with Crippen LogP contribution in [0.25, 0.3) is 0 Å². The minimum atomic E-state index is -0.398. The Morgan fingerprint density at radius 1 is 1.69 bits per heavy atom. The van der Waals surface area contributed by atoms with Crippen molar-refractivity contribution in [2.24, 2.45) is 11.7 Å². The summed E-state index contributed by atoms with van der Waals surface area (Å²) in [4.78, 5) is 2.22. The van der Waals surface area contributed by atoms with Crippen LogP contribution in [0.4, 0.5) is 0 Å². The Morgan fingerprint density at radius 2 is 2.46 bits per heavy atom. The number of hydrogen-bond donors (Lipinski definition) is 2. The highest BCUT2D eigenvalue weighted by molar-refractivity contribution is 4.70. The third-order valence-corrected chi connectivity index (χ3v) is 2.27. The van der Waals surface area contributed by atoms with Crippen LogP contribution in [0.1, 0.15) is 6.92 Å². The number of ether oxygens (including phenoxy) is 1. The molecule has 1 aliphatic heterocycles. The minimum Gasteiger partial charge on any atom is -0.390 e. The van der Waals surface area contributed by atoms with Crippen LogP contribution < -0.4 is 5.73 Å². The second-order valence-corrected chi connectivity index (χ2v) is 3.83. The zero-order valence-corrected chi connectivity index (χ0v) is 8.28. The Labute approximate surface area is 79.7 Å². The summed E-state index contributed by atoms with van der Waals surface area (Å²) >= 11 is 0. The lowest BCUT2D eigenvalue weighted by molar-refractivity contribution is 0.107. The molecule has 2 atom stereocenters. The Hall–Kier alpha value is -0.160. The van der Waals surface area contributed by atoms with E-state index in [4.69, 9.17) is 10.5 Å². The van der Waals surface area contributed by atoms with Gasteiger partial charge in [-0.15, -0.1) is 0 Å². The van der Waals surface area contributed by atoms with Gasteiger partial charge in [0.05, 0.1) is 19.3 Å². The Balaban J connectivity index is 2.30. The highest BCUT2D eigenvalue weighted by atomic mass is 16.5. The molecular formula is C9H20N2O2. The predicted molar refractivity (Wildman–Crippen MR) is 51.5 cm³/mol. The van der Waals surface area contributed by atoms with Crippen molar-refractivity contribution in [1.29, 1.82) is 0 Å². The zero-order chi connectivity index (χ0) is 9.68. The van der Waals surface area contributed by atoms with Crippen LogP contribution >= 0.6 is 0 Å². The first kappa shape index (κ1) is 10.9. The lowest BCUT2D eigenvalue weighted by Gasteiger charge is -2.23. The number of aliphatic hydroxyl groups is 1. The lowest BCUT2D eigenvalue weighted by Crippen LogP contribution is -2.39. The van der Waals surface area contributed by atoms with Gasteiger partial charge in [0.2, 0.25) is 0 Å². The first-order valence-corrected chi connectivity index (χ1v) is 4.90. The smallest absolute Gasteiger partial charge is 0.0789 e. The van der Waals surface area contributed by atoms with Crippen molar-refractivity contribution in [3.63, 3.8) is 0 Å². The van der Waals surface area contributed by atoms with E-state index in [0.29, 0.717) is 19.0 Å². The Kier molecular flexibility index (Phi) is 4.66. The summed E-state index contributed by atoms with van der Waals surface area (Å²) in [6.07, 6.45) is -0.398. The van der Waals surface area contributed by atoms with Crippen LogP contribution in [0, 0.1) is 5.92 Å². The van der Waals surface area contributed by atoms with Gasteiger partial charge in [0.15, 0.2) is 0 Å². The molecule has 1 unspecified atom stereocenters. The van der Waals surface area contributed by atoms with Gasteiger partial charge in [0.1, 0.15) is 0 Å². The molecule has 0 aliphatic carbocycles. The summed E-state index contributed by atoms with van der Waals surface area (Å²) in [6, 6.07) is 0. The van der Waals surface area contributed by atoms with Gasteiger partial charge in [-0.3, -0.25) is 4.90 Å². The number of rotatable bonds is 3. The van der Waals surface area contributed by atoms with Crippen LogP contribution in [0.3, 0.4) is 0 Å². The average Bonchev–Trinajstić information content (AvgIpc) is 2.30. The molecule has 4 nitrogen and oxygen atoms in total. The highest BCUT2D eigenvalue weighted by Crippen LogP contribution is 2.06. The molecule has 1 aliphatic rings. The first-order valence-electron chi connectivity index (χ1n) is 4.90. The standard InChI is InChI=1S/C9H20N2O2/c1-8-5-11(2-3-13-7-8)6-9(12)4-10/h8-9,12H,2-7,10H2,1H3/t8?,9-/m1/s1. The van der Waals surface area contributed by atoms with E-state index in [1.807, 2.05) is 0 Å². The molecule has 3 N–H and O–H groups in total. The molecule has 1 rings (SSSR count). The highest BCUT2D eigenvalue weighted by Gasteiger charge is 2.16. The molecule has 1 saturated heterocycles. The molecule has 0 amide bonds. The number of hydrogen-bond acceptors (Lipinski definition) is 4. The van der Waals surface area contributed by atoms with Gasteiger partial charge < -0.3 is 15.6 Å². The topological polar surface area (TPSA) is 58.7 Å². The maximum atomic E-state index is 9.38. The van der Waals surface area contributed by atoms with Gasteiger partial charge in [0.25, 0.3) is 0 Å². The molecule has 0 aromatic rings. The van der Waals surface area contributed by atoms with Crippen LogP contribution in [0.2, 0.25) is 0 Å². The Morgan fingerprint density at radius 3 is 3.15 bits per heavy atom. The molecule has 0 radical (unpaired) electrons. The van der Waals surface area contributed by atoms with E-state index in [9.17, 15) is 5.11 Å². The summed E-state index contributed by atoms with van der Waals surface area (Å²) in [5, 5.41) is 9.38. The fraction of sp³-hybridized carbons (Fsp3) is 1.00. The van der Waals surface area contributed by atoms with Gasteiger partial charge >= 0.3 is 0 Å². The summed E-state index contributed by atoms with van der Waals surface area (Å²) in [5.41, 5.74) is 5.36. The van der Waals surface area contributed by atoms with Crippen LogP contribution in [-0.4, -0.2) is 55.5 Å². The minimum absolute atomic E-state index is 0.339. The molecule has 0 aromatic heterocycles. The van der Waals surface area contributed by atoms with Gasteiger partial charge in [-0.1, -0.05) is 6.92 Å². The molecule has 0 aromatic carbocycles. The second kappa shape index (κ2) is 5.54. The molecule has 1 fully saturated rings. The number of aliphatic hydroxyl groups excluding tert-OH is 1. The van der Waals surface area contributed by atoms with Crippen molar-refractivity contribution < 1.29 is 9.84 Å². The molecule has 78 valence electrons. The van der Waals surface area contributed by atoms with Crippen molar-refractivity contribution >= 4 is 0 Å². The lowest BCUT2D eigenvalue weighted by atomic mass is 10.2. The van der Waals surface area contributed by atoms with E-state index in [1.54, 1.807) is 0 Å². The largest absolute Gasteiger partial charge is 0.390 e. The third-order valence-electron chi connectivity index (χ3n) is 2.27. The summed E-state index contributed by atoms with van der Waals surface area (Å²) < 4.78 is 5.40. The van der Waals surface area contributed by atoms with Gasteiger partial charge in [0, 0.05) is 26.2 Å². The van der Waals surface area contributed by atoms with Gasteiger partial charge in [-0.25, -0.2) is 0 Å². The monoisotopic (exact) mass is 188 g/mol. The zero-order valence-electron chi connectivity index (χ0n) is 8.28. The third kappa shape index (κ3) is 4.04. The fourth-order valence-electron chi connectivity index (χ4n) is 1.60. The summed E-state index contributed by atoms with van der Waals surface area (Å²) in [7, 11) is 0. The van der Waals surface area contributed by atoms with E-state index >= 15 is 0 Å². The fourth-order valence-corrected chi connectivity index (χ4v) is 1.60. The van der Waals surface area contributed by atoms with Crippen molar-refractivity contribution in [3.05, 3.63) is 0 Å². The molecule has 13 heavy (non-hydrogen) atoms. The maximum absolute atomic E-state index is 9.38. The normalized spacial score (nSPS) is 28.4. The van der Waals surface area contributed by atoms with E-state index in [1.165, 1.54) is 0 Å². The molecule has 4 heteroatoms. The first-order chi connectivity index (χ1) is 6.22. The number of nitrogens with two attached hydrogens (primary N) is 1. The van der Waals surface area contributed by atoms with Crippen LogP contribution in [-0.2, 0) is 4.74 Å². The second-order valence-electron chi connectivity index (χ2n) is 3.83. The number of β-amino-alcohol motifs (C(OH)–C–C–N with tert-alkyl or cyclic N) is 1. The van der Waals surface area contributed by atoms with Crippen molar-refractivity contribution in [3.8, 4) is 0 Å².